The van der Waals surface area contributed by atoms with Crippen LogP contribution >= 0.6 is 34.8 Å². The second-order valence-electron chi connectivity index (χ2n) is 5.17. The van der Waals surface area contributed by atoms with Crippen molar-refractivity contribution in [3.63, 3.8) is 0 Å². The minimum absolute atomic E-state index is 0.00305. The number of nitrogens with two attached hydrogens (primary N) is 1. The first-order valence-corrected chi connectivity index (χ1v) is 8.60. The van der Waals surface area contributed by atoms with Gasteiger partial charge in [0.25, 0.3) is 0 Å². The average molecular weight is 432 g/mol. The lowest BCUT2D eigenvalue weighted by Crippen LogP contribution is -2.22. The lowest BCUT2D eigenvalue weighted by atomic mass is 10.2. The summed E-state index contributed by atoms with van der Waals surface area (Å²) in [7, 11) is 0. The molecule has 0 saturated heterocycles. The van der Waals surface area contributed by atoms with Crippen LogP contribution in [0.25, 0.3) is 0 Å². The van der Waals surface area contributed by atoms with Crippen LogP contribution in [-0.2, 0) is 16.1 Å². The molecule has 0 spiro atoms. The van der Waals surface area contributed by atoms with Gasteiger partial charge in [-0.3, -0.25) is 5.32 Å². The number of halogens is 3. The van der Waals surface area contributed by atoms with Crippen LogP contribution in [0, 0.1) is 0 Å². The molecule has 0 aromatic heterocycles. The summed E-state index contributed by atoms with van der Waals surface area (Å²) in [6.45, 7) is 1.44. The number of carboxylic acid groups (broad SMARTS) is 1. The van der Waals surface area contributed by atoms with Gasteiger partial charge in [0.1, 0.15) is 6.61 Å². The highest BCUT2D eigenvalue weighted by Crippen LogP contribution is 2.22. The van der Waals surface area contributed by atoms with Gasteiger partial charge in [-0.15, -0.1) is 0 Å². The molecule has 0 unspecified atom stereocenters. The van der Waals surface area contributed by atoms with E-state index in [1.807, 2.05) is 0 Å². The first kappa shape index (κ1) is 22.6. The van der Waals surface area contributed by atoms with E-state index >= 15 is 0 Å². The summed E-state index contributed by atoms with van der Waals surface area (Å²) in [6.07, 6.45) is 0.113. The highest BCUT2D eigenvalue weighted by Gasteiger charge is 2.05. The molecule has 4 N–H and O–H groups in total. The van der Waals surface area contributed by atoms with Crippen molar-refractivity contribution in [1.82, 2.24) is 5.32 Å². The van der Waals surface area contributed by atoms with Gasteiger partial charge in [0, 0.05) is 22.5 Å². The lowest BCUT2D eigenvalue weighted by molar-refractivity contribution is -0.131. The molecule has 1 amide bonds. The number of alkyl carbamates (subject to hydrolysis) is 1. The predicted molar refractivity (Wildman–Crippen MR) is 107 cm³/mol. The van der Waals surface area contributed by atoms with Crippen molar-refractivity contribution in [3.05, 3.63) is 74.9 Å². The summed E-state index contributed by atoms with van der Waals surface area (Å²) in [5.41, 5.74) is 6.96. The molecule has 0 aliphatic rings. The van der Waals surface area contributed by atoms with Gasteiger partial charge in [-0.2, -0.15) is 0 Å². The van der Waals surface area contributed by atoms with Crippen LogP contribution in [0.2, 0.25) is 15.1 Å². The third-order valence-corrected chi connectivity index (χ3v) is 3.85. The molecule has 0 bridgehead atoms. The standard InChI is InChI=1S/C12H11Cl2NO4.C6H6ClN/c1-7(4-11(16)17)15-12(18)19-6-8-2-3-9(13)10(14)5-8;7-5-1-3-6(8)4-2-5/h2-5H,6H2,1H3,(H,15,18)(H,16,17);1-4H,8H2. The Labute approximate surface area is 171 Å². The molecule has 27 heavy (non-hydrogen) atoms. The average Bonchev–Trinajstić information content (AvgIpc) is 2.58. The van der Waals surface area contributed by atoms with Crippen LogP contribution < -0.4 is 11.1 Å². The largest absolute Gasteiger partial charge is 0.478 e. The zero-order valence-electron chi connectivity index (χ0n) is 14.2. The smallest absolute Gasteiger partial charge is 0.411 e. The summed E-state index contributed by atoms with van der Waals surface area (Å²) < 4.78 is 4.89. The first-order valence-electron chi connectivity index (χ1n) is 7.47. The highest BCUT2D eigenvalue weighted by molar-refractivity contribution is 6.42. The van der Waals surface area contributed by atoms with E-state index in [1.54, 1.807) is 42.5 Å². The number of anilines is 1. The normalized spacial score (nSPS) is 10.4. The van der Waals surface area contributed by atoms with Gasteiger partial charge in [-0.1, -0.05) is 40.9 Å². The molecule has 2 aromatic rings. The summed E-state index contributed by atoms with van der Waals surface area (Å²) in [5.74, 6) is -1.15. The van der Waals surface area contributed by atoms with E-state index in [9.17, 15) is 9.59 Å². The molecule has 0 aliphatic carbocycles. The van der Waals surface area contributed by atoms with Crippen molar-refractivity contribution in [2.24, 2.45) is 0 Å². The molecule has 0 fully saturated rings. The van der Waals surface area contributed by atoms with Gasteiger partial charge in [-0.05, 0) is 48.9 Å². The Hall–Kier alpha value is -2.41. The Balaban J connectivity index is 0.000000377. The molecule has 0 radical (unpaired) electrons. The van der Waals surface area contributed by atoms with Crippen LogP contribution in [0.3, 0.4) is 0 Å². The van der Waals surface area contributed by atoms with Crippen molar-refractivity contribution in [3.8, 4) is 0 Å². The lowest BCUT2D eigenvalue weighted by Gasteiger charge is -2.07. The molecule has 0 aliphatic heterocycles. The third kappa shape index (κ3) is 9.75. The Morgan fingerprint density at radius 1 is 1.11 bits per heavy atom. The minimum Gasteiger partial charge on any atom is -0.478 e. The second-order valence-corrected chi connectivity index (χ2v) is 6.42. The number of carbonyl (C=O) groups is 2. The number of carboxylic acids is 1. The summed E-state index contributed by atoms with van der Waals surface area (Å²) in [6, 6.07) is 11.9. The van der Waals surface area contributed by atoms with Gasteiger partial charge in [0.05, 0.1) is 10.0 Å². The zero-order valence-corrected chi connectivity index (χ0v) is 16.5. The molecule has 0 atom stereocenters. The van der Waals surface area contributed by atoms with Crippen molar-refractivity contribution in [2.45, 2.75) is 13.5 Å². The van der Waals surface area contributed by atoms with Gasteiger partial charge >= 0.3 is 12.1 Å². The number of nitrogens with one attached hydrogen (secondary N) is 1. The SMILES string of the molecule is CC(=CC(=O)O)NC(=O)OCc1ccc(Cl)c(Cl)c1.Nc1ccc(Cl)cc1. The number of hydrogen-bond donors (Lipinski definition) is 3. The molecular formula is C18H17Cl3N2O4. The fraction of sp³-hybridized carbons (Fsp3) is 0.111. The zero-order chi connectivity index (χ0) is 20.4. The molecule has 6 nitrogen and oxygen atoms in total. The monoisotopic (exact) mass is 430 g/mol. The van der Waals surface area contributed by atoms with Gasteiger partial charge in [-0.25, -0.2) is 9.59 Å². The van der Waals surface area contributed by atoms with Crippen molar-refractivity contribution >= 4 is 52.6 Å². The fourth-order valence-corrected chi connectivity index (χ4v) is 2.11. The maximum absolute atomic E-state index is 11.3. The van der Waals surface area contributed by atoms with E-state index in [2.05, 4.69) is 5.32 Å². The molecule has 0 saturated carbocycles. The number of hydrogen-bond acceptors (Lipinski definition) is 4. The third-order valence-electron chi connectivity index (χ3n) is 2.86. The van der Waals surface area contributed by atoms with Crippen LogP contribution in [0.4, 0.5) is 10.5 Å². The molecule has 9 heteroatoms. The van der Waals surface area contributed by atoms with Crippen molar-refractivity contribution < 1.29 is 19.4 Å². The summed E-state index contributed by atoms with van der Waals surface area (Å²) >= 11 is 17.1. The Bertz CT molecular complexity index is 803. The summed E-state index contributed by atoms with van der Waals surface area (Å²) in [4.78, 5) is 21.7. The first-order chi connectivity index (χ1) is 12.7. The fourth-order valence-electron chi connectivity index (χ4n) is 1.66. The Kier molecular flexibility index (Phi) is 9.50. The van der Waals surface area contributed by atoms with E-state index < -0.39 is 12.1 Å². The summed E-state index contributed by atoms with van der Waals surface area (Å²) in [5, 5.41) is 12.2. The highest BCUT2D eigenvalue weighted by atomic mass is 35.5. The number of benzene rings is 2. The van der Waals surface area contributed by atoms with E-state index in [-0.39, 0.29) is 12.3 Å². The van der Waals surface area contributed by atoms with Gasteiger partial charge in [0.15, 0.2) is 0 Å². The number of carbonyl (C=O) groups excluding carboxylic acids is 1. The van der Waals surface area contributed by atoms with Crippen LogP contribution in [0.5, 0.6) is 0 Å². The van der Waals surface area contributed by atoms with Crippen molar-refractivity contribution in [2.75, 3.05) is 5.73 Å². The van der Waals surface area contributed by atoms with E-state index in [0.717, 1.165) is 16.8 Å². The van der Waals surface area contributed by atoms with Crippen LogP contribution in [0.15, 0.2) is 54.2 Å². The quantitative estimate of drug-likeness (QED) is 0.460. The molecule has 144 valence electrons. The predicted octanol–water partition coefficient (Wildman–Crippen LogP) is 5.13. The topological polar surface area (TPSA) is 102 Å². The van der Waals surface area contributed by atoms with Crippen LogP contribution in [0.1, 0.15) is 12.5 Å². The molecular weight excluding hydrogens is 415 g/mol. The van der Waals surface area contributed by atoms with Gasteiger partial charge < -0.3 is 15.6 Å². The van der Waals surface area contributed by atoms with Crippen LogP contribution in [-0.4, -0.2) is 17.2 Å². The van der Waals surface area contributed by atoms with E-state index in [4.69, 9.17) is 50.4 Å². The van der Waals surface area contributed by atoms with E-state index in [0.29, 0.717) is 15.6 Å². The number of ether oxygens (including phenoxy) is 1. The maximum Gasteiger partial charge on any atom is 0.411 e. The molecule has 2 aromatic carbocycles. The number of nitrogen functional groups attached to an aromatic ring is 1. The Morgan fingerprint density at radius 3 is 2.26 bits per heavy atom. The molecule has 2 rings (SSSR count). The maximum atomic E-state index is 11.3. The minimum atomic E-state index is -1.15. The number of rotatable bonds is 4. The second kappa shape index (κ2) is 11.3. The Morgan fingerprint density at radius 2 is 1.74 bits per heavy atom. The van der Waals surface area contributed by atoms with E-state index in [1.165, 1.54) is 6.92 Å². The number of allylic oxidation sites excluding steroid dienone is 1. The number of amides is 1. The van der Waals surface area contributed by atoms with Gasteiger partial charge in [0.2, 0.25) is 0 Å². The van der Waals surface area contributed by atoms with Crippen molar-refractivity contribution in [1.29, 1.82) is 0 Å². The number of aliphatic carboxylic acids is 1. The molecule has 0 heterocycles.